The zero-order valence-corrected chi connectivity index (χ0v) is 43.4. The molecular weight excluding hydrogens is 958 g/mol. The number of aromatic nitrogens is 2. The number of hydrogen-bond acceptors (Lipinski definition) is 10. The van der Waals surface area contributed by atoms with Crippen LogP contribution in [0.2, 0.25) is 0 Å². The lowest BCUT2D eigenvalue weighted by molar-refractivity contribution is -0.155. The molecule has 0 aliphatic carbocycles. The molecule has 4 atom stereocenters. The highest BCUT2D eigenvalue weighted by molar-refractivity contribution is 5.96. The van der Waals surface area contributed by atoms with Gasteiger partial charge in [0.25, 0.3) is 5.91 Å². The summed E-state index contributed by atoms with van der Waals surface area (Å²) in [7, 11) is 3.10. The quantitative estimate of drug-likeness (QED) is 0.129. The summed E-state index contributed by atoms with van der Waals surface area (Å²) in [5, 5.41) is 4.96. The molecule has 6 bridgehead atoms. The standard InChI is InChI=1S/C55H69F3N8O8/c1-9-45(67)64-25-26-74-54(31-64)19-23-63(24-20-54)52(71)62(7)47(34(2)3)49(68)60-43-28-36-13-10-14-37(27-36)38-17-18-44-40(29-38)41(30-53(5,6)33-73-51(70)42-16-12-22-66(61-42)50(43)69)48(65(44)32-55(56,57)58)39-15-11-21-59-46(39)35(4)72-8/h9-11,13-15,17-18,21,27,29,34-35,42-43,47,61H,1,12,16,19-20,22-26,28,30-33H2,2-8H3,(H,60,68)/t35-,42-,43-,47?/m0/s1. The number of halogens is 3. The lowest BCUT2D eigenvalue weighted by atomic mass is 9.84. The number of pyridine rings is 1. The number of rotatable bonds is 9. The predicted molar refractivity (Wildman–Crippen MR) is 272 cm³/mol. The molecule has 4 aromatic rings. The Hall–Kier alpha value is -6.31. The van der Waals surface area contributed by atoms with E-state index in [1.807, 2.05) is 58.0 Å². The van der Waals surface area contributed by atoms with Crippen LogP contribution >= 0.6 is 0 Å². The van der Waals surface area contributed by atoms with Gasteiger partial charge in [-0.05, 0) is 97.5 Å². The number of esters is 1. The molecule has 4 aliphatic heterocycles. The summed E-state index contributed by atoms with van der Waals surface area (Å²) in [6.07, 6.45) is -0.237. The normalized spacial score (nSPS) is 21.2. The van der Waals surface area contributed by atoms with Gasteiger partial charge in [0.1, 0.15) is 24.7 Å². The Morgan fingerprint density at radius 1 is 1.01 bits per heavy atom. The van der Waals surface area contributed by atoms with E-state index in [1.54, 1.807) is 54.2 Å². The molecule has 3 fully saturated rings. The third-order valence-electron chi connectivity index (χ3n) is 14.9. The molecule has 4 aliphatic rings. The molecule has 6 heterocycles. The zero-order chi connectivity index (χ0) is 53.3. The maximum Gasteiger partial charge on any atom is 0.406 e. The minimum atomic E-state index is -4.59. The molecular formula is C55H69F3N8O8. The van der Waals surface area contributed by atoms with Gasteiger partial charge in [-0.1, -0.05) is 64.6 Å². The number of piperidine rings is 1. The molecule has 1 spiro atoms. The van der Waals surface area contributed by atoms with E-state index in [0.29, 0.717) is 103 Å². The van der Waals surface area contributed by atoms with Crippen LogP contribution in [0.5, 0.6) is 0 Å². The Labute approximate surface area is 430 Å². The molecule has 2 N–H and O–H groups in total. The maximum atomic E-state index is 14.8. The number of carbonyl (C=O) groups is 5. The number of fused-ring (bicyclic) bond motifs is 6. The number of urea groups is 1. The zero-order valence-electron chi connectivity index (χ0n) is 43.4. The van der Waals surface area contributed by atoms with Crippen molar-refractivity contribution in [3.8, 4) is 22.4 Å². The highest BCUT2D eigenvalue weighted by atomic mass is 19.4. The summed E-state index contributed by atoms with van der Waals surface area (Å²) in [6.45, 7) is 13.7. The number of likely N-dealkylation sites (tertiary alicyclic amines) is 1. The first kappa shape index (κ1) is 54.0. The Bertz CT molecular complexity index is 2770. The molecule has 5 amide bonds. The van der Waals surface area contributed by atoms with Crippen molar-refractivity contribution in [2.24, 2.45) is 11.3 Å². The number of alkyl halides is 3. The number of nitrogens with one attached hydrogen (secondary N) is 2. The fourth-order valence-corrected chi connectivity index (χ4v) is 11.1. The summed E-state index contributed by atoms with van der Waals surface area (Å²) in [4.78, 5) is 79.6. The average Bonchev–Trinajstić information content (AvgIpc) is 3.66. The number of nitrogens with zero attached hydrogens (tertiary/aromatic N) is 6. The van der Waals surface area contributed by atoms with E-state index in [9.17, 15) is 37.1 Å². The number of carbonyl (C=O) groups excluding carboxylic acids is 5. The smallest absolute Gasteiger partial charge is 0.406 e. The largest absolute Gasteiger partial charge is 0.464 e. The fraction of sp³-hybridized carbons (Fsp3) is 0.527. The van der Waals surface area contributed by atoms with Gasteiger partial charge in [0.15, 0.2) is 0 Å². The van der Waals surface area contributed by atoms with Crippen LogP contribution in [-0.4, -0.2) is 149 Å². The van der Waals surface area contributed by atoms with E-state index < -0.39 is 65.8 Å². The molecule has 2 aromatic heterocycles. The summed E-state index contributed by atoms with van der Waals surface area (Å²) < 4.78 is 63.4. The summed E-state index contributed by atoms with van der Waals surface area (Å²) in [5.74, 6) is -2.18. The SMILES string of the molecule is C=CC(=O)N1CCOC2(CCN(C(=O)N(C)C(C(=O)N[C@H]3Cc4cccc(c4)-c4ccc5c(c4)c(c(-c4cccnc4[C@H](C)OC)n5CC(F)(F)F)CC(C)(C)COC(=O)[C@@H]4CCCN(N4)C3=O)C(C)C)CC2)C1. The number of amides is 5. The number of benzene rings is 2. The van der Waals surface area contributed by atoms with Crippen molar-refractivity contribution in [3.05, 3.63) is 90.3 Å². The van der Waals surface area contributed by atoms with Crippen LogP contribution in [0, 0.1) is 11.3 Å². The van der Waals surface area contributed by atoms with Crippen molar-refractivity contribution in [3.63, 3.8) is 0 Å². The Balaban J connectivity index is 1.14. The van der Waals surface area contributed by atoms with Crippen LogP contribution in [0.25, 0.3) is 33.3 Å². The van der Waals surface area contributed by atoms with Crippen LogP contribution in [0.3, 0.4) is 0 Å². The van der Waals surface area contributed by atoms with Gasteiger partial charge in [0, 0.05) is 74.8 Å². The van der Waals surface area contributed by atoms with Gasteiger partial charge in [-0.3, -0.25) is 29.2 Å². The molecule has 1 unspecified atom stereocenters. The first-order valence-electron chi connectivity index (χ1n) is 25.5. The predicted octanol–water partition coefficient (Wildman–Crippen LogP) is 7.24. The highest BCUT2D eigenvalue weighted by Crippen LogP contribution is 2.43. The summed E-state index contributed by atoms with van der Waals surface area (Å²) >= 11 is 0. The van der Waals surface area contributed by atoms with Gasteiger partial charge in [-0.15, -0.1) is 0 Å². The number of likely N-dealkylation sites (N-methyl/N-ethyl adjacent to an activating group) is 1. The Morgan fingerprint density at radius 2 is 1.76 bits per heavy atom. The molecule has 2 aromatic carbocycles. The topological polar surface area (TPSA) is 168 Å². The molecule has 74 heavy (non-hydrogen) atoms. The maximum absolute atomic E-state index is 14.8. The van der Waals surface area contributed by atoms with E-state index in [-0.39, 0.29) is 43.8 Å². The fourth-order valence-electron chi connectivity index (χ4n) is 11.1. The van der Waals surface area contributed by atoms with E-state index >= 15 is 0 Å². The van der Waals surface area contributed by atoms with Gasteiger partial charge in [-0.25, -0.2) is 10.2 Å². The minimum absolute atomic E-state index is 0.0169. The van der Waals surface area contributed by atoms with Crippen LogP contribution in [0.1, 0.15) is 83.2 Å². The molecule has 3 saturated heterocycles. The second-order valence-corrected chi connectivity index (χ2v) is 21.4. The third kappa shape index (κ3) is 11.6. The first-order valence-corrected chi connectivity index (χ1v) is 25.5. The lowest BCUT2D eigenvalue weighted by Crippen LogP contribution is -2.63. The lowest BCUT2D eigenvalue weighted by Gasteiger charge is -2.47. The van der Waals surface area contributed by atoms with Crippen LogP contribution < -0.4 is 10.7 Å². The minimum Gasteiger partial charge on any atom is -0.464 e. The van der Waals surface area contributed by atoms with E-state index in [0.717, 1.165) is 5.56 Å². The number of cyclic esters (lactones) is 1. The van der Waals surface area contributed by atoms with Crippen molar-refractivity contribution < 1.29 is 51.4 Å². The van der Waals surface area contributed by atoms with Crippen molar-refractivity contribution in [1.29, 1.82) is 0 Å². The number of hydrazine groups is 1. The molecule has 0 radical (unpaired) electrons. The number of ether oxygens (including phenoxy) is 3. The Morgan fingerprint density at radius 3 is 2.46 bits per heavy atom. The van der Waals surface area contributed by atoms with E-state index in [1.165, 1.54) is 27.7 Å². The molecule has 19 heteroatoms. The van der Waals surface area contributed by atoms with Crippen molar-refractivity contribution in [1.82, 2.24) is 40.0 Å². The van der Waals surface area contributed by atoms with E-state index in [2.05, 4.69) is 22.3 Å². The first-order chi connectivity index (χ1) is 35.1. The van der Waals surface area contributed by atoms with Crippen LogP contribution in [-0.2, 0) is 52.8 Å². The van der Waals surface area contributed by atoms with Gasteiger partial charge >= 0.3 is 18.2 Å². The summed E-state index contributed by atoms with van der Waals surface area (Å²) in [5.41, 5.74) is 6.06. The second-order valence-electron chi connectivity index (χ2n) is 21.4. The number of morpholine rings is 1. The van der Waals surface area contributed by atoms with Crippen molar-refractivity contribution >= 4 is 40.6 Å². The van der Waals surface area contributed by atoms with Crippen LogP contribution in [0.15, 0.2) is 73.4 Å². The van der Waals surface area contributed by atoms with Gasteiger partial charge in [0.2, 0.25) is 11.8 Å². The van der Waals surface area contributed by atoms with E-state index in [4.69, 9.17) is 14.2 Å². The molecule has 16 nitrogen and oxygen atoms in total. The molecule has 0 saturated carbocycles. The monoisotopic (exact) mass is 1030 g/mol. The van der Waals surface area contributed by atoms with Gasteiger partial charge < -0.3 is 38.8 Å². The molecule has 8 rings (SSSR count). The molecule has 398 valence electrons. The Kier molecular flexibility index (Phi) is 16.0. The average molecular weight is 1030 g/mol. The highest BCUT2D eigenvalue weighted by Gasteiger charge is 2.44. The third-order valence-corrected chi connectivity index (χ3v) is 14.9. The second kappa shape index (κ2) is 21.9. The van der Waals surface area contributed by atoms with Gasteiger partial charge in [-0.2, -0.15) is 13.2 Å². The van der Waals surface area contributed by atoms with Crippen LogP contribution in [0.4, 0.5) is 18.0 Å². The van der Waals surface area contributed by atoms with Crippen molar-refractivity contribution in [2.75, 3.05) is 60.1 Å². The van der Waals surface area contributed by atoms with Gasteiger partial charge in [0.05, 0.1) is 42.9 Å². The van der Waals surface area contributed by atoms with Crippen molar-refractivity contribution in [2.45, 2.75) is 116 Å². The number of hydrogen-bond donors (Lipinski definition) is 2. The number of methoxy groups -OCH3 is 1. The summed E-state index contributed by atoms with van der Waals surface area (Å²) in [6, 6.07) is 12.8.